The van der Waals surface area contributed by atoms with Gasteiger partial charge in [-0.15, -0.1) is 0 Å². The van der Waals surface area contributed by atoms with E-state index < -0.39 is 0 Å². The molecule has 1 aliphatic heterocycles. The van der Waals surface area contributed by atoms with E-state index >= 15 is 0 Å². The quantitative estimate of drug-likeness (QED) is 0.421. The number of aromatic nitrogens is 2. The maximum atomic E-state index is 13.6. The molecule has 3 aromatic carbocycles. The van der Waals surface area contributed by atoms with Crippen molar-refractivity contribution in [1.82, 2.24) is 15.1 Å². The number of phenols is 1. The van der Waals surface area contributed by atoms with Crippen LogP contribution in [0.3, 0.4) is 0 Å². The first-order valence-electron chi connectivity index (χ1n) is 11.3. The van der Waals surface area contributed by atoms with Crippen LogP contribution in [0.25, 0.3) is 11.3 Å². The van der Waals surface area contributed by atoms with E-state index in [9.17, 15) is 9.90 Å². The van der Waals surface area contributed by atoms with Gasteiger partial charge >= 0.3 is 0 Å². The average molecular weight is 454 g/mol. The maximum absolute atomic E-state index is 13.6. The summed E-state index contributed by atoms with van der Waals surface area (Å²) >= 11 is 0. The number of benzene rings is 3. The molecule has 34 heavy (non-hydrogen) atoms. The highest BCUT2D eigenvalue weighted by Gasteiger charge is 2.42. The summed E-state index contributed by atoms with van der Waals surface area (Å²) < 4.78 is 5.28. The topological polar surface area (TPSA) is 78.5 Å². The molecule has 1 atom stereocenters. The molecule has 0 fully saturated rings. The van der Waals surface area contributed by atoms with Crippen LogP contribution in [-0.4, -0.2) is 33.2 Å². The minimum atomic E-state index is -0.334. The minimum Gasteiger partial charge on any atom is -0.507 e. The second kappa shape index (κ2) is 8.37. The number of phenolic OH excluding ortho intramolecular Hbond substituents is 1. The fraction of sp³-hybridized carbons (Fsp3) is 0.214. The normalized spacial score (nSPS) is 15.0. The molecule has 172 valence electrons. The number of aromatic hydroxyl groups is 1. The molecule has 0 saturated carbocycles. The van der Waals surface area contributed by atoms with Crippen molar-refractivity contribution in [3.8, 4) is 22.8 Å². The third kappa shape index (κ3) is 3.61. The average Bonchev–Trinajstić information content (AvgIpc) is 3.37. The van der Waals surface area contributed by atoms with E-state index in [1.807, 2.05) is 62.1 Å². The van der Waals surface area contributed by atoms with Gasteiger partial charge < -0.3 is 14.7 Å². The molecule has 6 nitrogen and oxygen atoms in total. The monoisotopic (exact) mass is 453 g/mol. The second-order valence-electron chi connectivity index (χ2n) is 8.93. The lowest BCUT2D eigenvalue weighted by molar-refractivity contribution is 0.0730. The van der Waals surface area contributed by atoms with Gasteiger partial charge in [0.05, 0.1) is 13.2 Å². The van der Waals surface area contributed by atoms with Crippen LogP contribution in [0.15, 0.2) is 60.7 Å². The molecule has 0 spiro atoms. The molecular weight excluding hydrogens is 426 g/mol. The molecule has 0 radical (unpaired) electrons. The molecule has 0 saturated heterocycles. The van der Waals surface area contributed by atoms with E-state index in [1.165, 1.54) is 0 Å². The van der Waals surface area contributed by atoms with Gasteiger partial charge in [-0.05, 0) is 61.2 Å². The number of aryl methyl sites for hydroxylation is 3. The van der Waals surface area contributed by atoms with Gasteiger partial charge in [-0.1, -0.05) is 48.0 Å². The molecule has 1 aromatic heterocycles. The molecule has 0 aliphatic carbocycles. The van der Waals surface area contributed by atoms with Gasteiger partial charge in [-0.3, -0.25) is 9.89 Å². The Morgan fingerprint density at radius 3 is 2.38 bits per heavy atom. The van der Waals surface area contributed by atoms with Crippen molar-refractivity contribution >= 4 is 5.91 Å². The highest BCUT2D eigenvalue weighted by molar-refractivity contribution is 6.00. The predicted molar refractivity (Wildman–Crippen MR) is 131 cm³/mol. The van der Waals surface area contributed by atoms with Gasteiger partial charge in [0.2, 0.25) is 0 Å². The van der Waals surface area contributed by atoms with Crippen molar-refractivity contribution < 1.29 is 14.6 Å². The van der Waals surface area contributed by atoms with Crippen molar-refractivity contribution in [3.05, 3.63) is 99.7 Å². The molecule has 5 rings (SSSR count). The van der Waals surface area contributed by atoms with Gasteiger partial charge in [0.25, 0.3) is 5.91 Å². The fourth-order valence-electron chi connectivity index (χ4n) is 4.73. The highest BCUT2D eigenvalue weighted by Crippen LogP contribution is 2.45. The van der Waals surface area contributed by atoms with Crippen molar-refractivity contribution in [2.45, 2.75) is 33.4 Å². The summed E-state index contributed by atoms with van der Waals surface area (Å²) in [7, 11) is 1.63. The molecule has 6 heteroatoms. The number of ether oxygens (including phenoxy) is 1. The Balaban J connectivity index is 1.65. The van der Waals surface area contributed by atoms with Crippen LogP contribution >= 0.6 is 0 Å². The molecule has 1 aliphatic rings. The number of methoxy groups -OCH3 is 1. The van der Waals surface area contributed by atoms with Crippen LogP contribution in [0, 0.1) is 20.8 Å². The molecule has 4 aromatic rings. The van der Waals surface area contributed by atoms with Crippen LogP contribution in [0.4, 0.5) is 0 Å². The summed E-state index contributed by atoms with van der Waals surface area (Å²) in [5.74, 6) is 0.844. The summed E-state index contributed by atoms with van der Waals surface area (Å²) in [6.45, 7) is 6.34. The van der Waals surface area contributed by atoms with Gasteiger partial charge in [-0.2, -0.15) is 5.10 Å². The largest absolute Gasteiger partial charge is 0.507 e. The van der Waals surface area contributed by atoms with Crippen LogP contribution in [0.5, 0.6) is 11.5 Å². The first kappa shape index (κ1) is 21.8. The van der Waals surface area contributed by atoms with Crippen molar-refractivity contribution in [2.24, 2.45) is 0 Å². The Kier molecular flexibility index (Phi) is 5.36. The van der Waals surface area contributed by atoms with Gasteiger partial charge in [0.1, 0.15) is 22.9 Å². The van der Waals surface area contributed by atoms with E-state index in [1.54, 1.807) is 7.11 Å². The standard InChI is InChI=1S/C28H27N3O3/c1-16-5-9-20(10-6-16)26-23-24(22-14-17(2)13-18(3)27(22)32)29-30-25(23)28(33)31(26)15-19-7-11-21(34-4)12-8-19/h5-14,26,32H,15H2,1-4H3,(H,29,30). The SMILES string of the molecule is COc1ccc(CN2C(=O)c3[nH]nc(-c4cc(C)cc(C)c4O)c3C2c2ccc(C)cc2)cc1. The van der Waals surface area contributed by atoms with E-state index in [-0.39, 0.29) is 17.7 Å². The summed E-state index contributed by atoms with van der Waals surface area (Å²) in [5.41, 5.74) is 7.44. The highest BCUT2D eigenvalue weighted by atomic mass is 16.5. The van der Waals surface area contributed by atoms with Crippen molar-refractivity contribution in [3.63, 3.8) is 0 Å². The lowest BCUT2D eigenvalue weighted by atomic mass is 9.93. The number of aromatic amines is 1. The van der Waals surface area contributed by atoms with Gasteiger partial charge in [0, 0.05) is 17.7 Å². The van der Waals surface area contributed by atoms with E-state index in [4.69, 9.17) is 4.74 Å². The van der Waals surface area contributed by atoms with Crippen molar-refractivity contribution in [1.29, 1.82) is 0 Å². The maximum Gasteiger partial charge on any atom is 0.273 e. The number of fused-ring (bicyclic) bond motifs is 1. The van der Waals surface area contributed by atoms with Crippen molar-refractivity contribution in [2.75, 3.05) is 7.11 Å². The molecule has 1 unspecified atom stereocenters. The number of nitrogens with zero attached hydrogens (tertiary/aromatic N) is 2. The lowest BCUT2D eigenvalue weighted by Gasteiger charge is -2.27. The molecular formula is C28H27N3O3. The summed E-state index contributed by atoms with van der Waals surface area (Å²) in [6, 6.07) is 19.5. The summed E-state index contributed by atoms with van der Waals surface area (Å²) in [6.07, 6.45) is 0. The number of carbonyl (C=O) groups is 1. The molecule has 1 amide bonds. The zero-order valence-electron chi connectivity index (χ0n) is 19.7. The van der Waals surface area contributed by atoms with E-state index in [0.29, 0.717) is 23.5 Å². The Labute approximate surface area is 198 Å². The van der Waals surface area contributed by atoms with E-state index in [2.05, 4.69) is 34.5 Å². The predicted octanol–water partition coefficient (Wildman–Crippen LogP) is 5.46. The minimum absolute atomic E-state index is 0.112. The smallest absolute Gasteiger partial charge is 0.273 e. The zero-order chi connectivity index (χ0) is 24.0. The Hall–Kier alpha value is -4.06. The third-order valence-electron chi connectivity index (χ3n) is 6.47. The van der Waals surface area contributed by atoms with Crippen LogP contribution in [0.1, 0.15) is 49.9 Å². The Bertz CT molecular complexity index is 1370. The number of rotatable bonds is 5. The first-order valence-corrected chi connectivity index (χ1v) is 11.3. The Morgan fingerprint density at radius 2 is 1.71 bits per heavy atom. The van der Waals surface area contributed by atoms with Gasteiger partial charge in [-0.25, -0.2) is 0 Å². The number of nitrogens with one attached hydrogen (secondary N) is 1. The van der Waals surface area contributed by atoms with Crippen LogP contribution in [0.2, 0.25) is 0 Å². The summed E-state index contributed by atoms with van der Waals surface area (Å²) in [5, 5.41) is 18.4. The van der Waals surface area contributed by atoms with Gasteiger partial charge in [0.15, 0.2) is 0 Å². The lowest BCUT2D eigenvalue weighted by Crippen LogP contribution is -2.29. The zero-order valence-corrected chi connectivity index (χ0v) is 19.7. The molecule has 2 heterocycles. The second-order valence-corrected chi connectivity index (χ2v) is 8.93. The Morgan fingerprint density at radius 1 is 1.00 bits per heavy atom. The third-order valence-corrected chi connectivity index (χ3v) is 6.47. The number of H-pyrrole nitrogens is 1. The van der Waals surface area contributed by atoms with Crippen LogP contribution in [-0.2, 0) is 6.54 Å². The fourth-order valence-corrected chi connectivity index (χ4v) is 4.73. The first-order chi connectivity index (χ1) is 16.4. The van der Waals surface area contributed by atoms with E-state index in [0.717, 1.165) is 39.1 Å². The molecule has 2 N–H and O–H groups in total. The number of hydrogen-bond donors (Lipinski definition) is 2. The number of hydrogen-bond acceptors (Lipinski definition) is 4. The summed E-state index contributed by atoms with van der Waals surface area (Å²) in [4.78, 5) is 15.5. The number of amides is 1. The molecule has 0 bridgehead atoms. The van der Waals surface area contributed by atoms with Crippen LogP contribution < -0.4 is 4.74 Å². The number of carbonyl (C=O) groups excluding carboxylic acids is 1.